The van der Waals surface area contributed by atoms with Gasteiger partial charge in [0.1, 0.15) is 5.76 Å². The number of amides is 1. The minimum atomic E-state index is -0.678. The van der Waals surface area contributed by atoms with Crippen molar-refractivity contribution in [3.8, 4) is 0 Å². The summed E-state index contributed by atoms with van der Waals surface area (Å²) in [5.74, 6) is -1.46. The van der Waals surface area contributed by atoms with Gasteiger partial charge in [-0.1, -0.05) is 36.4 Å². The van der Waals surface area contributed by atoms with Crippen molar-refractivity contribution in [2.45, 2.75) is 19.0 Å². The van der Waals surface area contributed by atoms with Crippen LogP contribution in [0.2, 0.25) is 0 Å². The molecule has 7 heteroatoms. The van der Waals surface area contributed by atoms with E-state index in [4.69, 9.17) is 0 Å². The van der Waals surface area contributed by atoms with Gasteiger partial charge in [0, 0.05) is 43.4 Å². The highest BCUT2D eigenvalue weighted by molar-refractivity contribution is 6.46. The summed E-state index contributed by atoms with van der Waals surface area (Å²) in [7, 11) is 0. The summed E-state index contributed by atoms with van der Waals surface area (Å²) in [6, 6.07) is 11.7. The molecule has 0 spiro atoms. The van der Waals surface area contributed by atoms with Gasteiger partial charge in [-0.05, 0) is 18.1 Å². The van der Waals surface area contributed by atoms with E-state index in [-0.39, 0.29) is 11.3 Å². The van der Waals surface area contributed by atoms with Crippen molar-refractivity contribution in [3.63, 3.8) is 0 Å². The molecule has 1 atom stereocenters. The highest BCUT2D eigenvalue weighted by atomic mass is 16.3. The maximum Gasteiger partial charge on any atom is 0.295 e. The van der Waals surface area contributed by atoms with E-state index in [1.54, 1.807) is 55.2 Å². The summed E-state index contributed by atoms with van der Waals surface area (Å²) in [6.07, 6.45) is 9.15. The highest BCUT2D eigenvalue weighted by Gasteiger charge is 2.45. The number of imidazole rings is 1. The van der Waals surface area contributed by atoms with Crippen molar-refractivity contribution in [3.05, 3.63) is 90.3 Å². The van der Waals surface area contributed by atoms with Crippen LogP contribution in [0.5, 0.6) is 0 Å². The minimum Gasteiger partial charge on any atom is -0.507 e. The summed E-state index contributed by atoms with van der Waals surface area (Å²) < 4.78 is 1.92. The van der Waals surface area contributed by atoms with Crippen LogP contribution in [0.1, 0.15) is 23.6 Å². The molecular formula is C22H20N4O3. The molecule has 1 aliphatic heterocycles. The van der Waals surface area contributed by atoms with Gasteiger partial charge < -0.3 is 14.6 Å². The number of likely N-dealkylation sites (tertiary alicyclic amines) is 1. The second-order valence-electron chi connectivity index (χ2n) is 6.80. The van der Waals surface area contributed by atoms with Crippen LogP contribution in [0.4, 0.5) is 0 Å². The van der Waals surface area contributed by atoms with Crippen LogP contribution in [0.25, 0.3) is 5.76 Å². The molecule has 1 aromatic carbocycles. The van der Waals surface area contributed by atoms with Gasteiger partial charge in [-0.15, -0.1) is 0 Å². The van der Waals surface area contributed by atoms with Crippen molar-refractivity contribution in [2.75, 3.05) is 6.54 Å². The predicted octanol–water partition coefficient (Wildman–Crippen LogP) is 2.79. The van der Waals surface area contributed by atoms with Crippen LogP contribution in [-0.4, -0.2) is 42.8 Å². The molecule has 3 aromatic rings. The average molecular weight is 388 g/mol. The van der Waals surface area contributed by atoms with Gasteiger partial charge in [-0.25, -0.2) is 4.98 Å². The van der Waals surface area contributed by atoms with Crippen molar-refractivity contribution in [2.24, 2.45) is 0 Å². The Morgan fingerprint density at radius 1 is 1.00 bits per heavy atom. The van der Waals surface area contributed by atoms with Crippen LogP contribution >= 0.6 is 0 Å². The third-order valence-electron chi connectivity index (χ3n) is 4.96. The first kappa shape index (κ1) is 18.6. The first-order chi connectivity index (χ1) is 14.2. The van der Waals surface area contributed by atoms with Crippen molar-refractivity contribution in [1.29, 1.82) is 0 Å². The molecule has 1 saturated heterocycles. The second kappa shape index (κ2) is 8.10. The Labute approximate surface area is 168 Å². The van der Waals surface area contributed by atoms with Crippen molar-refractivity contribution in [1.82, 2.24) is 19.4 Å². The molecular weight excluding hydrogens is 368 g/mol. The number of rotatable bonds is 6. The zero-order valence-corrected chi connectivity index (χ0v) is 15.7. The van der Waals surface area contributed by atoms with Crippen molar-refractivity contribution < 1.29 is 14.7 Å². The summed E-state index contributed by atoms with van der Waals surface area (Å²) in [4.78, 5) is 35.3. The van der Waals surface area contributed by atoms with E-state index in [1.807, 2.05) is 22.9 Å². The fraction of sp³-hybridized carbons (Fsp3) is 0.182. The third-order valence-corrected chi connectivity index (χ3v) is 4.96. The normalized spacial score (nSPS) is 18.3. The highest BCUT2D eigenvalue weighted by Crippen LogP contribution is 2.39. The molecule has 1 amide bonds. The SMILES string of the molecule is O=C1C(=O)N(CCCn2ccnc2)[C@@H](c2cccnc2)C1=C(O)c1ccccc1. The summed E-state index contributed by atoms with van der Waals surface area (Å²) in [6.45, 7) is 1.04. The van der Waals surface area contributed by atoms with Gasteiger partial charge in [0.05, 0.1) is 17.9 Å². The average Bonchev–Trinajstić information content (AvgIpc) is 3.37. The number of aromatic nitrogens is 3. The molecule has 1 N–H and O–H groups in total. The Hall–Kier alpha value is -3.74. The zero-order valence-electron chi connectivity index (χ0n) is 15.7. The fourth-order valence-electron chi connectivity index (χ4n) is 3.59. The van der Waals surface area contributed by atoms with Gasteiger partial charge in [0.15, 0.2) is 0 Å². The molecule has 0 bridgehead atoms. The maximum atomic E-state index is 12.9. The lowest BCUT2D eigenvalue weighted by molar-refractivity contribution is -0.139. The summed E-state index contributed by atoms with van der Waals surface area (Å²) >= 11 is 0. The molecule has 0 radical (unpaired) electrons. The third kappa shape index (κ3) is 3.67. The lowest BCUT2D eigenvalue weighted by Crippen LogP contribution is -2.31. The molecule has 4 rings (SSSR count). The number of Topliss-reactive ketones (excluding diaryl/α,β-unsaturated/α-hetero) is 1. The van der Waals surface area contributed by atoms with Crippen LogP contribution in [0.15, 0.2) is 79.2 Å². The number of aliphatic hydroxyl groups is 1. The Morgan fingerprint density at radius 3 is 2.52 bits per heavy atom. The van der Waals surface area contributed by atoms with Gasteiger partial charge in [0.2, 0.25) is 0 Å². The lowest BCUT2D eigenvalue weighted by atomic mass is 9.96. The number of aliphatic hydroxyl groups excluding tert-OH is 1. The Kier molecular flexibility index (Phi) is 5.20. The van der Waals surface area contributed by atoms with Crippen LogP contribution < -0.4 is 0 Å². The monoisotopic (exact) mass is 388 g/mol. The standard InChI is InChI=1S/C22H20N4O3/c27-20(16-6-2-1-3-7-16)18-19(17-8-4-9-23-14-17)26(22(29)21(18)28)12-5-11-25-13-10-24-15-25/h1-4,6-10,13-15,19,27H,5,11-12H2/t19-/m0/s1. The molecule has 0 unspecified atom stereocenters. The molecule has 29 heavy (non-hydrogen) atoms. The van der Waals surface area contributed by atoms with E-state index in [9.17, 15) is 14.7 Å². The maximum absolute atomic E-state index is 12.9. The van der Waals surface area contributed by atoms with E-state index in [2.05, 4.69) is 9.97 Å². The van der Waals surface area contributed by atoms with Gasteiger partial charge in [-0.3, -0.25) is 14.6 Å². The van der Waals surface area contributed by atoms with E-state index < -0.39 is 17.7 Å². The molecule has 3 heterocycles. The summed E-state index contributed by atoms with van der Waals surface area (Å²) in [5, 5.41) is 10.9. The smallest absolute Gasteiger partial charge is 0.295 e. The number of benzene rings is 1. The van der Waals surface area contributed by atoms with Crippen LogP contribution in [-0.2, 0) is 16.1 Å². The van der Waals surface area contributed by atoms with E-state index in [0.29, 0.717) is 30.6 Å². The molecule has 2 aromatic heterocycles. The van der Waals surface area contributed by atoms with Crippen LogP contribution in [0.3, 0.4) is 0 Å². The number of pyridine rings is 1. The molecule has 0 saturated carbocycles. The first-order valence-corrected chi connectivity index (χ1v) is 9.36. The number of hydrogen-bond acceptors (Lipinski definition) is 5. The quantitative estimate of drug-likeness (QED) is 0.399. The Balaban J connectivity index is 1.70. The molecule has 146 valence electrons. The van der Waals surface area contributed by atoms with E-state index in [0.717, 1.165) is 0 Å². The summed E-state index contributed by atoms with van der Waals surface area (Å²) in [5.41, 5.74) is 1.28. The number of carbonyl (C=O) groups excluding carboxylic acids is 2. The molecule has 0 aliphatic carbocycles. The first-order valence-electron chi connectivity index (χ1n) is 9.36. The van der Waals surface area contributed by atoms with Gasteiger partial charge >= 0.3 is 0 Å². The largest absolute Gasteiger partial charge is 0.507 e. The van der Waals surface area contributed by atoms with E-state index >= 15 is 0 Å². The number of nitrogens with zero attached hydrogens (tertiary/aromatic N) is 4. The minimum absolute atomic E-state index is 0.0943. The molecule has 1 fully saturated rings. The number of hydrogen-bond donors (Lipinski definition) is 1. The number of ketones is 1. The van der Waals surface area contributed by atoms with Gasteiger partial charge in [0.25, 0.3) is 11.7 Å². The van der Waals surface area contributed by atoms with Crippen molar-refractivity contribution >= 4 is 17.4 Å². The lowest BCUT2D eigenvalue weighted by Gasteiger charge is -2.25. The fourth-order valence-corrected chi connectivity index (χ4v) is 3.59. The Bertz CT molecular complexity index is 1030. The molecule has 7 nitrogen and oxygen atoms in total. The Morgan fingerprint density at radius 2 is 1.83 bits per heavy atom. The topological polar surface area (TPSA) is 88.3 Å². The van der Waals surface area contributed by atoms with Crippen LogP contribution in [0, 0.1) is 0 Å². The van der Waals surface area contributed by atoms with Gasteiger partial charge in [-0.2, -0.15) is 0 Å². The van der Waals surface area contributed by atoms with E-state index in [1.165, 1.54) is 4.90 Å². The second-order valence-corrected chi connectivity index (χ2v) is 6.80. The molecule has 1 aliphatic rings. The number of carbonyl (C=O) groups is 2. The zero-order chi connectivity index (χ0) is 20.2. The predicted molar refractivity (Wildman–Crippen MR) is 107 cm³/mol. The number of aryl methyl sites for hydroxylation is 1.